The summed E-state index contributed by atoms with van der Waals surface area (Å²) in [6, 6.07) is 0.105. The Kier molecular flexibility index (Phi) is 7.03. The van der Waals surface area contributed by atoms with Crippen LogP contribution in [0.1, 0.15) is 51.9 Å². The molecule has 1 saturated carbocycles. The maximum atomic E-state index is 12.7. The summed E-state index contributed by atoms with van der Waals surface area (Å²) < 4.78 is 43.3. The van der Waals surface area contributed by atoms with Gasteiger partial charge in [-0.2, -0.15) is 13.2 Å². The fourth-order valence-corrected chi connectivity index (χ4v) is 6.58. The quantitative estimate of drug-likeness (QED) is 0.622. The number of likely N-dealkylation sites (tertiary alicyclic amines) is 3. The molecule has 0 unspecified atom stereocenters. The summed E-state index contributed by atoms with van der Waals surface area (Å²) in [5.41, 5.74) is 0.242. The van der Waals surface area contributed by atoms with Crippen LogP contribution in [0.5, 0.6) is 0 Å². The van der Waals surface area contributed by atoms with Crippen molar-refractivity contribution in [3.05, 3.63) is 0 Å². The number of carbonyl (C=O) groups excluding carboxylic acids is 2. The molecule has 0 aromatic carbocycles. The second kappa shape index (κ2) is 9.50. The lowest BCUT2D eigenvalue weighted by molar-refractivity contribution is -0.138. The zero-order chi connectivity index (χ0) is 23.8. The topological polar surface area (TPSA) is 56.3 Å². The minimum Gasteiger partial charge on any atom is -0.450 e. The first-order chi connectivity index (χ1) is 15.6. The van der Waals surface area contributed by atoms with E-state index in [0.717, 1.165) is 76.0 Å². The van der Waals surface area contributed by atoms with E-state index >= 15 is 0 Å². The van der Waals surface area contributed by atoms with E-state index in [9.17, 15) is 22.8 Å². The molecule has 1 aliphatic carbocycles. The first-order valence-electron chi connectivity index (χ1n) is 12.3. The summed E-state index contributed by atoms with van der Waals surface area (Å²) in [5, 5.41) is 0. The lowest BCUT2D eigenvalue weighted by Gasteiger charge is -2.52. The molecule has 3 heterocycles. The van der Waals surface area contributed by atoms with Crippen molar-refractivity contribution in [2.45, 2.75) is 70.1 Å². The predicted octanol–water partition coefficient (Wildman–Crippen LogP) is 3.79. The van der Waals surface area contributed by atoms with Crippen LogP contribution in [0.15, 0.2) is 0 Å². The molecule has 0 aromatic rings. The Bertz CT molecular complexity index is 720. The molecule has 0 aromatic heterocycles. The van der Waals surface area contributed by atoms with Crippen LogP contribution in [-0.2, 0) is 4.74 Å². The molecule has 0 N–H and O–H groups in total. The summed E-state index contributed by atoms with van der Waals surface area (Å²) in [4.78, 5) is 31.6. The zero-order valence-corrected chi connectivity index (χ0v) is 19.8. The number of hydrogen-bond donors (Lipinski definition) is 0. The number of hydrogen-bond acceptors (Lipinski definition) is 4. The largest absolute Gasteiger partial charge is 0.450 e. The van der Waals surface area contributed by atoms with Gasteiger partial charge in [0.1, 0.15) is 6.54 Å². The van der Waals surface area contributed by atoms with Crippen LogP contribution in [0, 0.1) is 11.3 Å². The second-order valence-corrected chi connectivity index (χ2v) is 10.5. The van der Waals surface area contributed by atoms with Crippen molar-refractivity contribution in [1.29, 1.82) is 0 Å². The van der Waals surface area contributed by atoms with Gasteiger partial charge in [0.15, 0.2) is 0 Å². The molecule has 188 valence electrons. The third-order valence-electron chi connectivity index (χ3n) is 8.22. The van der Waals surface area contributed by atoms with E-state index < -0.39 is 18.8 Å². The number of rotatable bonds is 4. The number of piperidine rings is 1. The van der Waals surface area contributed by atoms with Crippen molar-refractivity contribution in [3.8, 4) is 0 Å². The van der Waals surface area contributed by atoms with E-state index in [0.29, 0.717) is 25.1 Å². The molecule has 33 heavy (non-hydrogen) atoms. The number of carbonyl (C=O) groups is 2. The molecular formula is C23H37F3N4O3. The van der Waals surface area contributed by atoms with E-state index in [1.54, 1.807) is 4.90 Å². The maximum absolute atomic E-state index is 12.7. The molecule has 1 atom stereocenters. The van der Waals surface area contributed by atoms with Gasteiger partial charge in [-0.1, -0.05) is 0 Å². The Labute approximate surface area is 194 Å². The van der Waals surface area contributed by atoms with Crippen LogP contribution in [0.4, 0.5) is 22.8 Å². The standard InChI is InChI=1S/C23H37F3N4O3/c1-3-33-21(32)29-12-8-22(15-29)13-18(14-22)28-10-6-17(7-11-28)19-5-4-9-30(19)20(31)27(2)16-23(24,25)26/h17-19H,3-16H2,1-2H3/t18?,19-,22?/m0/s1. The fourth-order valence-electron chi connectivity index (χ4n) is 6.58. The molecule has 3 amide bonds. The Morgan fingerprint density at radius 2 is 1.79 bits per heavy atom. The molecule has 3 saturated heterocycles. The van der Waals surface area contributed by atoms with E-state index in [1.165, 1.54) is 7.05 Å². The molecule has 3 aliphatic heterocycles. The van der Waals surface area contributed by atoms with Crippen molar-refractivity contribution in [2.24, 2.45) is 11.3 Å². The van der Waals surface area contributed by atoms with E-state index in [4.69, 9.17) is 4.74 Å². The average Bonchev–Trinajstić information content (AvgIpc) is 3.39. The third kappa shape index (κ3) is 5.35. The van der Waals surface area contributed by atoms with E-state index in [-0.39, 0.29) is 17.6 Å². The highest BCUT2D eigenvalue weighted by atomic mass is 19.4. The Morgan fingerprint density at radius 3 is 2.42 bits per heavy atom. The number of nitrogens with zero attached hydrogens (tertiary/aromatic N) is 4. The summed E-state index contributed by atoms with van der Waals surface area (Å²) in [7, 11) is 1.24. The normalized spacial score (nSPS) is 31.2. The summed E-state index contributed by atoms with van der Waals surface area (Å²) >= 11 is 0. The van der Waals surface area contributed by atoms with Crippen molar-refractivity contribution >= 4 is 12.1 Å². The smallest absolute Gasteiger partial charge is 0.409 e. The lowest BCUT2D eigenvalue weighted by atomic mass is 9.64. The van der Waals surface area contributed by atoms with E-state index in [2.05, 4.69) is 4.90 Å². The van der Waals surface area contributed by atoms with Crippen LogP contribution in [0.2, 0.25) is 0 Å². The van der Waals surface area contributed by atoms with Crippen LogP contribution in [-0.4, -0.2) is 103 Å². The van der Waals surface area contributed by atoms with Gasteiger partial charge >= 0.3 is 18.3 Å². The highest BCUT2D eigenvalue weighted by molar-refractivity contribution is 5.75. The average molecular weight is 475 g/mol. The van der Waals surface area contributed by atoms with Crippen molar-refractivity contribution in [3.63, 3.8) is 0 Å². The first-order valence-corrected chi connectivity index (χ1v) is 12.3. The minimum atomic E-state index is -4.38. The van der Waals surface area contributed by atoms with Gasteiger partial charge in [0.25, 0.3) is 0 Å². The van der Waals surface area contributed by atoms with Gasteiger partial charge in [-0.3, -0.25) is 0 Å². The van der Waals surface area contributed by atoms with Crippen molar-refractivity contribution in [1.82, 2.24) is 19.6 Å². The Balaban J connectivity index is 1.23. The van der Waals surface area contributed by atoms with Gasteiger partial charge in [0.2, 0.25) is 0 Å². The first kappa shape index (κ1) is 24.4. The maximum Gasteiger partial charge on any atom is 0.409 e. The molecule has 10 heteroatoms. The van der Waals surface area contributed by atoms with Gasteiger partial charge in [-0.05, 0) is 76.3 Å². The second-order valence-electron chi connectivity index (χ2n) is 10.5. The van der Waals surface area contributed by atoms with Crippen LogP contribution in [0.25, 0.3) is 0 Å². The van der Waals surface area contributed by atoms with Gasteiger partial charge in [-0.25, -0.2) is 9.59 Å². The fraction of sp³-hybridized carbons (Fsp3) is 0.913. The van der Waals surface area contributed by atoms with Crippen molar-refractivity contribution in [2.75, 3.05) is 52.9 Å². The Morgan fingerprint density at radius 1 is 1.09 bits per heavy atom. The molecule has 0 radical (unpaired) electrons. The summed E-state index contributed by atoms with van der Waals surface area (Å²) in [6.07, 6.45) is 2.40. The molecule has 4 rings (SSSR count). The number of urea groups is 1. The zero-order valence-electron chi connectivity index (χ0n) is 19.8. The SMILES string of the molecule is CCOC(=O)N1CCC2(CC(N3CCC([C@@H]4CCCN4C(=O)N(C)CC(F)(F)F)CC3)C2)C1. The highest BCUT2D eigenvalue weighted by Crippen LogP contribution is 2.51. The summed E-state index contributed by atoms with van der Waals surface area (Å²) in [6.45, 7) is 5.11. The van der Waals surface area contributed by atoms with E-state index in [1.807, 2.05) is 11.8 Å². The third-order valence-corrected chi connectivity index (χ3v) is 8.22. The Hall–Kier alpha value is -1.71. The predicted molar refractivity (Wildman–Crippen MR) is 117 cm³/mol. The highest BCUT2D eigenvalue weighted by Gasteiger charge is 2.52. The van der Waals surface area contributed by atoms with Gasteiger partial charge in [0, 0.05) is 38.8 Å². The minimum absolute atomic E-state index is 0.0519. The summed E-state index contributed by atoms with van der Waals surface area (Å²) in [5.74, 6) is 0.354. The van der Waals surface area contributed by atoms with Crippen LogP contribution >= 0.6 is 0 Å². The van der Waals surface area contributed by atoms with Gasteiger partial charge in [-0.15, -0.1) is 0 Å². The van der Waals surface area contributed by atoms with Crippen molar-refractivity contribution < 1.29 is 27.5 Å². The van der Waals surface area contributed by atoms with Crippen LogP contribution < -0.4 is 0 Å². The number of amides is 3. The van der Waals surface area contributed by atoms with Gasteiger partial charge < -0.3 is 24.3 Å². The molecule has 4 fully saturated rings. The molecule has 0 bridgehead atoms. The van der Waals surface area contributed by atoms with Gasteiger partial charge in [0.05, 0.1) is 6.61 Å². The number of ether oxygens (including phenoxy) is 1. The lowest BCUT2D eigenvalue weighted by Crippen LogP contribution is -2.55. The molecule has 1 spiro atoms. The van der Waals surface area contributed by atoms with Crippen LogP contribution in [0.3, 0.4) is 0 Å². The monoisotopic (exact) mass is 474 g/mol. The molecule has 4 aliphatic rings. The number of halogens is 3. The number of alkyl halides is 3. The molecule has 7 nitrogen and oxygen atoms in total. The molecular weight excluding hydrogens is 437 g/mol.